The number of amides is 1. The van der Waals surface area contributed by atoms with Crippen molar-refractivity contribution in [2.24, 2.45) is 7.05 Å². The highest BCUT2D eigenvalue weighted by atomic mass is 19.4. The predicted molar refractivity (Wildman–Crippen MR) is 129 cm³/mol. The Morgan fingerprint density at radius 3 is 2.35 bits per heavy atom. The molecule has 1 amide bonds. The third-order valence-corrected chi connectivity index (χ3v) is 6.02. The van der Waals surface area contributed by atoms with Crippen molar-refractivity contribution in [3.63, 3.8) is 0 Å². The van der Waals surface area contributed by atoms with E-state index in [-0.39, 0.29) is 24.6 Å². The van der Waals surface area contributed by atoms with E-state index in [1.54, 1.807) is 47.0 Å². The van der Waals surface area contributed by atoms with Crippen LogP contribution in [0, 0.1) is 0 Å². The number of aromatic nitrogens is 4. The van der Waals surface area contributed by atoms with Gasteiger partial charge in [-0.2, -0.15) is 23.4 Å². The standard InChI is InChI=1S/C26H20F3N5O3/c1-33-14-18-10-20(24(35)30-11-15-2-6-17(7-3-15)25(36)37)23-21(22(18)32-33)12-31-34(23)13-16-4-8-19(9-5-16)26(27,28)29/h2-10,12,14H,11,13H2,1H3,(H,30,35)(H,36,37). The van der Waals surface area contributed by atoms with E-state index in [1.165, 1.54) is 24.3 Å². The Hall–Kier alpha value is -4.67. The number of hydrogen-bond acceptors (Lipinski definition) is 4. The summed E-state index contributed by atoms with van der Waals surface area (Å²) in [7, 11) is 1.76. The van der Waals surface area contributed by atoms with Gasteiger partial charge in [-0.1, -0.05) is 24.3 Å². The van der Waals surface area contributed by atoms with E-state index in [2.05, 4.69) is 15.5 Å². The molecule has 0 atom stereocenters. The molecule has 8 nitrogen and oxygen atoms in total. The molecule has 3 aromatic carbocycles. The van der Waals surface area contributed by atoms with Crippen molar-refractivity contribution in [3.8, 4) is 0 Å². The largest absolute Gasteiger partial charge is 0.478 e. The highest BCUT2D eigenvalue weighted by Gasteiger charge is 2.30. The van der Waals surface area contributed by atoms with Gasteiger partial charge in [0.05, 0.1) is 34.9 Å². The summed E-state index contributed by atoms with van der Waals surface area (Å²) in [6.07, 6.45) is -1.06. The van der Waals surface area contributed by atoms with E-state index in [9.17, 15) is 22.8 Å². The fourth-order valence-corrected chi connectivity index (χ4v) is 4.20. The summed E-state index contributed by atoms with van der Waals surface area (Å²) < 4.78 is 42.1. The van der Waals surface area contributed by atoms with E-state index in [0.717, 1.165) is 23.1 Å². The molecule has 11 heteroatoms. The van der Waals surface area contributed by atoms with Crippen LogP contribution in [0.4, 0.5) is 13.2 Å². The SMILES string of the molecule is Cn1cc2cc(C(=O)NCc3ccc(C(=O)O)cc3)c3c(cnn3Cc3ccc(C(F)(F)F)cc3)c2n1. The van der Waals surface area contributed by atoms with Crippen LogP contribution in [0.25, 0.3) is 21.8 Å². The first-order valence-corrected chi connectivity index (χ1v) is 11.2. The molecule has 0 bridgehead atoms. The summed E-state index contributed by atoms with van der Waals surface area (Å²) in [5.74, 6) is -1.42. The van der Waals surface area contributed by atoms with Gasteiger partial charge in [0.15, 0.2) is 0 Å². The van der Waals surface area contributed by atoms with Gasteiger partial charge in [0.2, 0.25) is 0 Å². The van der Waals surface area contributed by atoms with Gasteiger partial charge in [-0.05, 0) is 41.5 Å². The first-order valence-electron chi connectivity index (χ1n) is 11.2. The monoisotopic (exact) mass is 507 g/mol. The molecule has 2 N–H and O–H groups in total. The molecule has 0 radical (unpaired) electrons. The molecule has 0 unspecified atom stereocenters. The molecule has 5 aromatic rings. The van der Waals surface area contributed by atoms with Gasteiger partial charge in [0.1, 0.15) is 5.52 Å². The van der Waals surface area contributed by atoms with Crippen LogP contribution in [0.15, 0.2) is 67.0 Å². The first kappa shape index (κ1) is 24.0. The minimum atomic E-state index is -4.43. The van der Waals surface area contributed by atoms with E-state index in [1.807, 2.05) is 0 Å². The molecule has 2 aromatic heterocycles. The van der Waals surface area contributed by atoms with Gasteiger partial charge in [-0.3, -0.25) is 14.2 Å². The Morgan fingerprint density at radius 2 is 1.70 bits per heavy atom. The van der Waals surface area contributed by atoms with Crippen LogP contribution in [0.3, 0.4) is 0 Å². The summed E-state index contributed by atoms with van der Waals surface area (Å²) in [4.78, 5) is 24.4. The molecule has 0 aliphatic rings. The van der Waals surface area contributed by atoms with E-state index < -0.39 is 17.7 Å². The molecule has 0 saturated heterocycles. The fraction of sp³-hybridized carbons (Fsp3) is 0.154. The number of aryl methyl sites for hydroxylation is 1. The smallest absolute Gasteiger partial charge is 0.416 e. The van der Waals surface area contributed by atoms with Gasteiger partial charge >= 0.3 is 12.1 Å². The van der Waals surface area contributed by atoms with Crippen molar-refractivity contribution in [2.45, 2.75) is 19.3 Å². The van der Waals surface area contributed by atoms with Crippen molar-refractivity contribution >= 4 is 33.7 Å². The second-order valence-corrected chi connectivity index (χ2v) is 8.61. The second kappa shape index (κ2) is 9.08. The number of carboxylic acids is 1. The Labute approximate surface area is 207 Å². The number of nitrogens with zero attached hydrogens (tertiary/aromatic N) is 4. The Bertz CT molecular complexity index is 1640. The summed E-state index contributed by atoms with van der Waals surface area (Å²) in [6, 6.07) is 12.7. The summed E-state index contributed by atoms with van der Waals surface area (Å²) in [6.45, 7) is 0.315. The quantitative estimate of drug-likeness (QED) is 0.349. The second-order valence-electron chi connectivity index (χ2n) is 8.61. The van der Waals surface area contributed by atoms with Gasteiger partial charge in [0.25, 0.3) is 5.91 Å². The normalized spacial score (nSPS) is 11.8. The number of fused-ring (bicyclic) bond motifs is 3. The van der Waals surface area contributed by atoms with E-state index in [0.29, 0.717) is 27.5 Å². The van der Waals surface area contributed by atoms with Crippen LogP contribution in [0.2, 0.25) is 0 Å². The number of alkyl halides is 3. The Kier molecular flexibility index (Phi) is 5.90. The van der Waals surface area contributed by atoms with Gasteiger partial charge in [-0.15, -0.1) is 0 Å². The third-order valence-electron chi connectivity index (χ3n) is 6.02. The number of benzene rings is 3. The summed E-state index contributed by atoms with van der Waals surface area (Å²) in [5, 5.41) is 22.2. The summed E-state index contributed by atoms with van der Waals surface area (Å²) >= 11 is 0. The molecule has 2 heterocycles. The zero-order valence-corrected chi connectivity index (χ0v) is 19.5. The van der Waals surface area contributed by atoms with Crippen LogP contribution in [-0.4, -0.2) is 36.5 Å². The van der Waals surface area contributed by atoms with E-state index in [4.69, 9.17) is 5.11 Å². The number of hydrogen-bond donors (Lipinski definition) is 2. The van der Waals surface area contributed by atoms with Crippen molar-refractivity contribution in [2.75, 3.05) is 0 Å². The molecule has 37 heavy (non-hydrogen) atoms. The molecular weight excluding hydrogens is 487 g/mol. The predicted octanol–water partition coefficient (Wildman–Crippen LogP) is 4.62. The molecule has 0 fully saturated rings. The number of carbonyl (C=O) groups is 2. The molecule has 0 aliphatic heterocycles. The average molecular weight is 507 g/mol. The van der Waals surface area contributed by atoms with Crippen molar-refractivity contribution in [1.29, 1.82) is 0 Å². The van der Waals surface area contributed by atoms with Crippen molar-refractivity contribution < 1.29 is 27.9 Å². The highest BCUT2D eigenvalue weighted by molar-refractivity contribution is 6.14. The summed E-state index contributed by atoms with van der Waals surface area (Å²) in [5.41, 5.74) is 2.20. The minimum Gasteiger partial charge on any atom is -0.478 e. The molecule has 0 spiro atoms. The first-order chi connectivity index (χ1) is 17.6. The van der Waals surface area contributed by atoms with E-state index >= 15 is 0 Å². The number of halogens is 3. The van der Waals surface area contributed by atoms with Crippen molar-refractivity contribution in [1.82, 2.24) is 24.9 Å². The minimum absolute atomic E-state index is 0.144. The zero-order chi connectivity index (χ0) is 26.3. The number of carbonyl (C=O) groups excluding carboxylic acids is 1. The number of carboxylic acid groups (broad SMARTS) is 1. The average Bonchev–Trinajstić information content (AvgIpc) is 3.44. The maximum absolute atomic E-state index is 13.3. The maximum Gasteiger partial charge on any atom is 0.416 e. The molecule has 0 aliphatic carbocycles. The molecule has 188 valence electrons. The highest BCUT2D eigenvalue weighted by Crippen LogP contribution is 2.31. The van der Waals surface area contributed by atoms with Crippen LogP contribution < -0.4 is 5.32 Å². The fourth-order valence-electron chi connectivity index (χ4n) is 4.20. The topological polar surface area (TPSA) is 102 Å². The lowest BCUT2D eigenvalue weighted by atomic mass is 10.1. The van der Waals surface area contributed by atoms with Crippen LogP contribution in [0.5, 0.6) is 0 Å². The number of rotatable bonds is 6. The van der Waals surface area contributed by atoms with Crippen LogP contribution >= 0.6 is 0 Å². The van der Waals surface area contributed by atoms with Gasteiger partial charge in [0, 0.05) is 30.6 Å². The number of aromatic carboxylic acids is 1. The number of nitrogens with one attached hydrogen (secondary N) is 1. The van der Waals surface area contributed by atoms with Crippen molar-refractivity contribution in [3.05, 3.63) is 94.8 Å². The molecule has 0 saturated carbocycles. The molecular formula is C26H20F3N5O3. The Balaban J connectivity index is 1.49. The van der Waals surface area contributed by atoms with Crippen LogP contribution in [-0.2, 0) is 26.3 Å². The third kappa shape index (κ3) is 4.75. The van der Waals surface area contributed by atoms with Crippen LogP contribution in [0.1, 0.15) is 37.4 Å². The lowest BCUT2D eigenvalue weighted by molar-refractivity contribution is -0.137. The lowest BCUT2D eigenvalue weighted by Gasteiger charge is -2.11. The Morgan fingerprint density at radius 1 is 1.03 bits per heavy atom. The van der Waals surface area contributed by atoms with Gasteiger partial charge in [-0.25, -0.2) is 4.79 Å². The molecule has 5 rings (SSSR count). The maximum atomic E-state index is 13.3. The lowest BCUT2D eigenvalue weighted by Crippen LogP contribution is -2.23. The van der Waals surface area contributed by atoms with Gasteiger partial charge < -0.3 is 10.4 Å². The zero-order valence-electron chi connectivity index (χ0n) is 19.5.